The molecule has 0 atom stereocenters. The number of benzene rings is 1. The van der Waals surface area contributed by atoms with Crippen LogP contribution in [0.5, 0.6) is 11.6 Å². The fourth-order valence-corrected chi connectivity index (χ4v) is 4.51. The number of aromatic nitrogens is 3. The van der Waals surface area contributed by atoms with Crippen LogP contribution in [0.25, 0.3) is 0 Å². The van der Waals surface area contributed by atoms with Gasteiger partial charge in [-0.05, 0) is 57.3 Å². The minimum atomic E-state index is -1.17. The molecule has 2 N–H and O–H groups in total. The summed E-state index contributed by atoms with van der Waals surface area (Å²) in [6.07, 6.45) is 2.70. The summed E-state index contributed by atoms with van der Waals surface area (Å²) in [4.78, 5) is 45.1. The Morgan fingerprint density at radius 2 is 1.93 bits per heavy atom. The summed E-state index contributed by atoms with van der Waals surface area (Å²) in [6.45, 7) is 10.5. The van der Waals surface area contributed by atoms with E-state index in [1.54, 1.807) is 45.2 Å². The smallest absolute Gasteiger partial charge is 0.276 e. The number of nitrogens with zero attached hydrogens (tertiary/aromatic N) is 6. The van der Waals surface area contributed by atoms with Crippen molar-refractivity contribution in [1.29, 1.82) is 0 Å². The van der Waals surface area contributed by atoms with Crippen LogP contribution in [0.4, 0.5) is 34.6 Å². The SMILES string of the molecule is C=CC(=O)Nc1cccc(N2C(=O)C(C)(C)Oc3cnc(Nc4ccc(N5CCN(C)CC5)nc4OC)nc32)c1. The predicted molar refractivity (Wildman–Crippen MR) is 153 cm³/mol. The van der Waals surface area contributed by atoms with Gasteiger partial charge in [-0.15, -0.1) is 0 Å². The highest BCUT2D eigenvalue weighted by molar-refractivity contribution is 6.08. The summed E-state index contributed by atoms with van der Waals surface area (Å²) in [7, 11) is 3.67. The third kappa shape index (κ3) is 5.38. The van der Waals surface area contributed by atoms with Gasteiger partial charge in [-0.2, -0.15) is 9.97 Å². The van der Waals surface area contributed by atoms with Crippen molar-refractivity contribution in [2.45, 2.75) is 19.4 Å². The Bertz CT molecular complexity index is 1450. The second-order valence-corrected chi connectivity index (χ2v) is 10.0. The molecule has 2 aliphatic heterocycles. The molecule has 0 aliphatic carbocycles. The number of hydrogen-bond donors (Lipinski definition) is 2. The molecule has 1 saturated heterocycles. The molecule has 12 heteroatoms. The lowest BCUT2D eigenvalue weighted by atomic mass is 10.0. The van der Waals surface area contributed by atoms with Gasteiger partial charge in [0.1, 0.15) is 11.5 Å². The minimum absolute atomic E-state index is 0.225. The molecule has 40 heavy (non-hydrogen) atoms. The summed E-state index contributed by atoms with van der Waals surface area (Å²) in [5.41, 5.74) is 0.414. The van der Waals surface area contributed by atoms with Gasteiger partial charge in [-0.1, -0.05) is 12.6 Å². The zero-order valence-corrected chi connectivity index (χ0v) is 23.0. The number of pyridine rings is 1. The summed E-state index contributed by atoms with van der Waals surface area (Å²) in [5, 5.41) is 5.89. The maximum atomic E-state index is 13.6. The van der Waals surface area contributed by atoms with E-state index in [1.807, 2.05) is 12.1 Å². The number of carbonyl (C=O) groups excluding carboxylic acids is 2. The largest absolute Gasteiger partial charge is 0.479 e. The van der Waals surface area contributed by atoms with Crippen molar-refractivity contribution in [3.8, 4) is 11.6 Å². The van der Waals surface area contributed by atoms with E-state index in [9.17, 15) is 9.59 Å². The Hall–Kier alpha value is -4.71. The maximum Gasteiger partial charge on any atom is 0.276 e. The van der Waals surface area contributed by atoms with Crippen LogP contribution in [0, 0.1) is 0 Å². The monoisotopic (exact) mass is 544 g/mol. The van der Waals surface area contributed by atoms with Gasteiger partial charge in [0.15, 0.2) is 17.2 Å². The Balaban J connectivity index is 1.46. The van der Waals surface area contributed by atoms with Crippen molar-refractivity contribution < 1.29 is 19.1 Å². The number of anilines is 6. The average Bonchev–Trinajstić information content (AvgIpc) is 2.94. The van der Waals surface area contributed by atoms with Gasteiger partial charge in [0.25, 0.3) is 5.91 Å². The van der Waals surface area contributed by atoms with E-state index in [0.717, 1.165) is 32.0 Å². The number of amides is 2. The zero-order valence-electron chi connectivity index (χ0n) is 23.0. The van der Waals surface area contributed by atoms with E-state index < -0.39 is 5.60 Å². The second-order valence-electron chi connectivity index (χ2n) is 10.0. The molecule has 0 bridgehead atoms. The normalized spacial score (nSPS) is 16.6. The Kier molecular flexibility index (Phi) is 7.26. The summed E-state index contributed by atoms with van der Waals surface area (Å²) < 4.78 is 11.5. The number of rotatable bonds is 7. The third-order valence-corrected chi connectivity index (χ3v) is 6.70. The quantitative estimate of drug-likeness (QED) is 0.428. The first-order valence-corrected chi connectivity index (χ1v) is 12.9. The van der Waals surface area contributed by atoms with E-state index in [-0.39, 0.29) is 23.6 Å². The molecule has 12 nitrogen and oxygen atoms in total. The maximum absolute atomic E-state index is 13.6. The topological polar surface area (TPSA) is 125 Å². The lowest BCUT2D eigenvalue weighted by Crippen LogP contribution is -2.51. The van der Waals surface area contributed by atoms with Gasteiger partial charge < -0.3 is 29.9 Å². The van der Waals surface area contributed by atoms with Crippen LogP contribution in [0.1, 0.15) is 13.8 Å². The van der Waals surface area contributed by atoms with E-state index in [1.165, 1.54) is 17.2 Å². The molecule has 0 radical (unpaired) electrons. The number of hydrogen-bond acceptors (Lipinski definition) is 10. The average molecular weight is 545 g/mol. The third-order valence-electron chi connectivity index (χ3n) is 6.70. The first-order chi connectivity index (χ1) is 19.2. The first kappa shape index (κ1) is 26.9. The fourth-order valence-electron chi connectivity index (χ4n) is 4.51. The summed E-state index contributed by atoms with van der Waals surface area (Å²) >= 11 is 0. The molecule has 2 aromatic heterocycles. The molecule has 1 fully saturated rings. The lowest BCUT2D eigenvalue weighted by Gasteiger charge is -2.37. The first-order valence-electron chi connectivity index (χ1n) is 12.9. The summed E-state index contributed by atoms with van der Waals surface area (Å²) in [6, 6.07) is 10.7. The van der Waals surface area contributed by atoms with Gasteiger partial charge in [0.2, 0.25) is 17.7 Å². The zero-order chi connectivity index (χ0) is 28.4. The van der Waals surface area contributed by atoms with Gasteiger partial charge >= 0.3 is 0 Å². The minimum Gasteiger partial charge on any atom is -0.479 e. The standard InChI is InChI=1S/C28H32N8O4/c1-6-23(37)30-18-8-7-9-19(16-18)36-24-21(40-28(2,3)26(36)38)17-29-27(33-24)31-20-10-11-22(32-25(20)39-5)35-14-12-34(4)13-15-35/h6-11,16-17H,1,12-15H2,2-5H3,(H,30,37)(H,29,31,33). The molecule has 4 heterocycles. The van der Waals surface area contributed by atoms with Crippen molar-refractivity contribution in [3.05, 3.63) is 55.3 Å². The number of piperazine rings is 1. The molecule has 0 spiro atoms. The van der Waals surface area contributed by atoms with Crippen LogP contribution in [0.2, 0.25) is 0 Å². The lowest BCUT2D eigenvalue weighted by molar-refractivity contribution is -0.131. The van der Waals surface area contributed by atoms with E-state index >= 15 is 0 Å². The molecular formula is C28H32N8O4. The van der Waals surface area contributed by atoms with E-state index in [2.05, 4.69) is 44.0 Å². The van der Waals surface area contributed by atoms with Crippen molar-refractivity contribution in [2.24, 2.45) is 0 Å². The summed E-state index contributed by atoms with van der Waals surface area (Å²) in [5.74, 6) is 1.37. The van der Waals surface area contributed by atoms with Crippen molar-refractivity contribution in [2.75, 3.05) is 60.8 Å². The predicted octanol–water partition coefficient (Wildman–Crippen LogP) is 3.34. The van der Waals surface area contributed by atoms with Crippen LogP contribution >= 0.6 is 0 Å². The van der Waals surface area contributed by atoms with Gasteiger partial charge in [0.05, 0.1) is 19.0 Å². The van der Waals surface area contributed by atoms with Crippen molar-refractivity contribution >= 4 is 46.5 Å². The Labute approximate surface area is 232 Å². The van der Waals surface area contributed by atoms with Crippen LogP contribution < -0.4 is 29.9 Å². The van der Waals surface area contributed by atoms with E-state index in [4.69, 9.17) is 14.5 Å². The van der Waals surface area contributed by atoms with Gasteiger partial charge in [0, 0.05) is 31.9 Å². The molecule has 2 aliphatic rings. The molecule has 1 aromatic carbocycles. The number of carbonyl (C=O) groups is 2. The molecule has 0 unspecified atom stereocenters. The molecule has 2 amide bonds. The fraction of sp³-hybridized carbons (Fsp3) is 0.321. The highest BCUT2D eigenvalue weighted by atomic mass is 16.5. The van der Waals surface area contributed by atoms with Crippen LogP contribution in [-0.4, -0.2) is 77.6 Å². The van der Waals surface area contributed by atoms with Crippen molar-refractivity contribution in [1.82, 2.24) is 19.9 Å². The number of nitrogens with one attached hydrogen (secondary N) is 2. The molecular weight excluding hydrogens is 512 g/mol. The molecule has 208 valence electrons. The number of ether oxygens (including phenoxy) is 2. The van der Waals surface area contributed by atoms with Gasteiger partial charge in [-0.25, -0.2) is 4.98 Å². The van der Waals surface area contributed by atoms with Crippen LogP contribution in [0.3, 0.4) is 0 Å². The van der Waals surface area contributed by atoms with Crippen molar-refractivity contribution in [3.63, 3.8) is 0 Å². The molecule has 3 aromatic rings. The molecule has 5 rings (SSSR count). The highest BCUT2D eigenvalue weighted by Crippen LogP contribution is 2.41. The number of likely N-dealkylation sites (N-methyl/N-ethyl adjacent to an activating group) is 1. The Morgan fingerprint density at radius 3 is 2.65 bits per heavy atom. The van der Waals surface area contributed by atoms with Crippen LogP contribution in [-0.2, 0) is 9.59 Å². The highest BCUT2D eigenvalue weighted by Gasteiger charge is 2.43. The molecule has 0 saturated carbocycles. The second kappa shape index (κ2) is 10.8. The number of methoxy groups -OCH3 is 1. The van der Waals surface area contributed by atoms with Crippen LogP contribution in [0.15, 0.2) is 55.3 Å². The Morgan fingerprint density at radius 1 is 1.15 bits per heavy atom. The number of fused-ring (bicyclic) bond motifs is 1. The van der Waals surface area contributed by atoms with Gasteiger partial charge in [-0.3, -0.25) is 14.5 Å². The van der Waals surface area contributed by atoms with E-state index in [0.29, 0.717) is 28.7 Å².